The Hall–Kier alpha value is -7.17. The molecule has 0 aliphatic carbocycles. The van der Waals surface area contributed by atoms with Crippen molar-refractivity contribution in [3.8, 4) is 22.3 Å². The number of aromatic nitrogens is 2. The minimum Gasteiger partial charge on any atom is -0.374 e. The molecule has 0 atom stereocenters. The van der Waals surface area contributed by atoms with Crippen molar-refractivity contribution < 1.29 is 0 Å². The number of aryl methyl sites for hydroxylation is 2. The molecule has 10 aromatic rings. The number of benzene rings is 8. The maximum atomic E-state index is 2.83. The molecule has 0 fully saturated rings. The van der Waals surface area contributed by atoms with E-state index in [1.165, 1.54) is 156 Å². The Balaban J connectivity index is 1.11. The van der Waals surface area contributed by atoms with Crippen molar-refractivity contribution in [2.45, 2.75) is 171 Å². The molecule has 8 aromatic carbocycles. The average Bonchev–Trinajstić information content (AvgIpc) is 1.56. The highest BCUT2D eigenvalue weighted by atomic mass is 15.2. The largest absolute Gasteiger partial charge is 0.374 e. The summed E-state index contributed by atoms with van der Waals surface area (Å²) in [5.41, 5.74) is 34.0. The molecular formula is C76H82B2N4. The van der Waals surface area contributed by atoms with E-state index in [2.05, 4.69) is 291 Å². The lowest BCUT2D eigenvalue weighted by Crippen LogP contribution is -2.57. The highest BCUT2D eigenvalue weighted by molar-refractivity contribution is 6.92. The fraction of sp³-hybridized carbons (Fsp3) is 0.342. The summed E-state index contributed by atoms with van der Waals surface area (Å²) in [6, 6.07) is 54.1. The first-order chi connectivity index (χ1) is 38.3. The maximum absolute atomic E-state index is 2.83. The molecule has 0 unspecified atom stereocenters. The van der Waals surface area contributed by atoms with Crippen molar-refractivity contribution >= 4 is 103 Å². The second-order valence-corrected chi connectivity index (χ2v) is 31.3. The Morgan fingerprint density at radius 3 is 0.951 bits per heavy atom. The van der Waals surface area contributed by atoms with Crippen LogP contribution in [0.5, 0.6) is 0 Å². The van der Waals surface area contributed by atoms with Gasteiger partial charge in [-0.3, -0.25) is 0 Å². The normalized spacial score (nSPS) is 14.7. The molecule has 412 valence electrons. The van der Waals surface area contributed by atoms with Crippen LogP contribution in [-0.2, 0) is 32.5 Å². The summed E-state index contributed by atoms with van der Waals surface area (Å²) in [7, 11) is 0. The third-order valence-electron chi connectivity index (χ3n) is 19.4. The van der Waals surface area contributed by atoms with Gasteiger partial charge in [0.1, 0.15) is 0 Å². The first-order valence-corrected chi connectivity index (χ1v) is 30.4. The molecule has 0 saturated carbocycles. The van der Waals surface area contributed by atoms with Gasteiger partial charge in [-0.15, -0.1) is 0 Å². The lowest BCUT2D eigenvalue weighted by atomic mass is 9.44. The lowest BCUT2D eigenvalue weighted by molar-refractivity contribution is 0.568. The molecule has 6 heterocycles. The smallest absolute Gasteiger partial charge is 0.333 e. The zero-order valence-corrected chi connectivity index (χ0v) is 52.6. The SMILES string of the molecule is Cc1ccc2c3c1-c1cccc4c1n(c1c5cccc6c5n(c41)B1c4ccc(C(C)(C)C)cc4N(c4cc(C(C)(C)C)cc(C(C)(C)C)c4)c4ccc(C)c-6c41)B3c1ccc(C(C)(C)C)cc1N2c1cc(C(C)(C)C)cc(C(C)(C)C)c1. The standard InChI is InChI=1S/C76H82B2N4/c1-43-27-33-59-65-63(43)53-23-21-25-55-67(53)81(77(65)57-31-29-45(71(3,4)5)41-61(57)79(59)51-37-47(73(9,10)11)35-48(38-51)74(12,13)14)70-56-26-22-24-54-64-44(2)28-34-60-66(64)78(82(68(54)56)69(55)70)58-32-30-46(72(6,7)8)42-62(58)80(60)52-39-49(75(15,16)17)36-50(40-52)76(18,19)20/h21-42H,1-20H3. The highest BCUT2D eigenvalue weighted by Crippen LogP contribution is 2.53. The van der Waals surface area contributed by atoms with Gasteiger partial charge in [0.15, 0.2) is 0 Å². The van der Waals surface area contributed by atoms with Crippen LogP contribution in [0, 0.1) is 13.8 Å². The van der Waals surface area contributed by atoms with E-state index in [4.69, 9.17) is 0 Å². The van der Waals surface area contributed by atoms with Crippen LogP contribution in [0.2, 0.25) is 0 Å². The first-order valence-electron chi connectivity index (χ1n) is 30.4. The zero-order valence-electron chi connectivity index (χ0n) is 52.6. The number of para-hydroxylation sites is 2. The molecule has 0 bridgehead atoms. The number of fused-ring (bicyclic) bond motifs is 13. The van der Waals surface area contributed by atoms with Gasteiger partial charge in [-0.25, -0.2) is 0 Å². The van der Waals surface area contributed by atoms with Crippen LogP contribution < -0.4 is 31.7 Å². The van der Waals surface area contributed by atoms with Gasteiger partial charge in [0, 0.05) is 67.1 Å². The van der Waals surface area contributed by atoms with Crippen LogP contribution in [0.15, 0.2) is 133 Å². The van der Waals surface area contributed by atoms with Crippen molar-refractivity contribution in [2.75, 3.05) is 9.80 Å². The van der Waals surface area contributed by atoms with Gasteiger partial charge in [0.25, 0.3) is 0 Å². The van der Waals surface area contributed by atoms with E-state index in [1.54, 1.807) is 0 Å². The van der Waals surface area contributed by atoms with Gasteiger partial charge in [0.2, 0.25) is 0 Å². The molecule has 0 radical (unpaired) electrons. The molecule has 0 spiro atoms. The Bertz CT molecular complexity index is 4090. The number of rotatable bonds is 2. The average molecular weight is 1070 g/mol. The van der Waals surface area contributed by atoms with Gasteiger partial charge in [-0.2, -0.15) is 0 Å². The molecule has 4 nitrogen and oxygen atoms in total. The number of nitrogens with zero attached hydrogens (tertiary/aromatic N) is 4. The molecule has 6 heteroatoms. The van der Waals surface area contributed by atoms with Crippen LogP contribution in [0.25, 0.3) is 55.1 Å². The minimum atomic E-state index is -0.0910. The Labute approximate surface area is 489 Å². The molecule has 0 saturated heterocycles. The van der Waals surface area contributed by atoms with E-state index in [0.717, 1.165) is 0 Å². The van der Waals surface area contributed by atoms with Crippen molar-refractivity contribution in [1.29, 1.82) is 0 Å². The second kappa shape index (κ2) is 16.8. The molecule has 14 rings (SSSR count). The number of anilines is 6. The molecule has 4 aliphatic rings. The quantitative estimate of drug-likeness (QED) is 0.160. The summed E-state index contributed by atoms with van der Waals surface area (Å²) in [6.45, 7) is 47.1. The van der Waals surface area contributed by atoms with Crippen molar-refractivity contribution in [3.63, 3.8) is 0 Å². The fourth-order valence-electron chi connectivity index (χ4n) is 14.7. The van der Waals surface area contributed by atoms with Crippen LogP contribution in [0.3, 0.4) is 0 Å². The maximum Gasteiger partial charge on any atom is 0.333 e. The van der Waals surface area contributed by atoms with E-state index in [1.807, 2.05) is 0 Å². The van der Waals surface area contributed by atoms with Gasteiger partial charge in [-0.05, 0) is 172 Å². The van der Waals surface area contributed by atoms with Crippen LogP contribution in [-0.4, -0.2) is 22.7 Å². The van der Waals surface area contributed by atoms with Crippen LogP contribution in [0.1, 0.15) is 169 Å². The van der Waals surface area contributed by atoms with Crippen LogP contribution >= 0.6 is 0 Å². The summed E-state index contributed by atoms with van der Waals surface area (Å²) in [5.74, 6) is 0. The van der Waals surface area contributed by atoms with E-state index >= 15 is 0 Å². The topological polar surface area (TPSA) is 16.3 Å². The summed E-state index contributed by atoms with van der Waals surface area (Å²) in [6.07, 6.45) is 0. The Kier molecular flexibility index (Phi) is 10.8. The lowest BCUT2D eigenvalue weighted by Gasteiger charge is -2.42. The molecule has 2 aromatic heterocycles. The predicted molar refractivity (Wildman–Crippen MR) is 358 cm³/mol. The predicted octanol–water partition coefficient (Wildman–Crippen LogP) is 18.0. The van der Waals surface area contributed by atoms with Gasteiger partial charge in [-0.1, -0.05) is 210 Å². The zero-order chi connectivity index (χ0) is 58.2. The fourth-order valence-corrected chi connectivity index (χ4v) is 14.7. The van der Waals surface area contributed by atoms with Crippen LogP contribution in [0.4, 0.5) is 34.1 Å². The van der Waals surface area contributed by atoms with E-state index in [-0.39, 0.29) is 46.2 Å². The Morgan fingerprint density at radius 1 is 0.305 bits per heavy atom. The highest BCUT2D eigenvalue weighted by Gasteiger charge is 2.49. The summed E-state index contributed by atoms with van der Waals surface area (Å²) in [5, 5.41) is 2.63. The molecule has 82 heavy (non-hydrogen) atoms. The second-order valence-electron chi connectivity index (χ2n) is 31.3. The monoisotopic (exact) mass is 1070 g/mol. The minimum absolute atomic E-state index is 0.0483. The van der Waals surface area contributed by atoms with E-state index in [0.29, 0.717) is 0 Å². The number of hydrogen-bond donors (Lipinski definition) is 0. The first kappa shape index (κ1) is 52.9. The molecule has 4 aliphatic heterocycles. The van der Waals surface area contributed by atoms with Crippen molar-refractivity contribution in [3.05, 3.63) is 178 Å². The third kappa shape index (κ3) is 7.43. The molecular weight excluding hydrogens is 990 g/mol. The van der Waals surface area contributed by atoms with E-state index < -0.39 is 0 Å². The van der Waals surface area contributed by atoms with Crippen molar-refractivity contribution in [1.82, 2.24) is 8.96 Å². The molecule has 0 N–H and O–H groups in total. The summed E-state index contributed by atoms with van der Waals surface area (Å²) < 4.78 is 5.67. The van der Waals surface area contributed by atoms with Gasteiger partial charge in [0.05, 0.1) is 11.0 Å². The van der Waals surface area contributed by atoms with Gasteiger partial charge >= 0.3 is 13.7 Å². The summed E-state index contributed by atoms with van der Waals surface area (Å²) >= 11 is 0. The van der Waals surface area contributed by atoms with Gasteiger partial charge < -0.3 is 18.8 Å². The number of hydrogen-bond acceptors (Lipinski definition) is 2. The summed E-state index contributed by atoms with van der Waals surface area (Å²) in [4.78, 5) is 5.31. The van der Waals surface area contributed by atoms with Crippen molar-refractivity contribution in [2.24, 2.45) is 0 Å². The third-order valence-corrected chi connectivity index (χ3v) is 19.4. The molecule has 0 amide bonds. The van der Waals surface area contributed by atoms with E-state index in [9.17, 15) is 0 Å². The Morgan fingerprint density at radius 2 is 0.634 bits per heavy atom.